The number of hydrogen-bond acceptors (Lipinski definition) is 0. The van der Waals surface area contributed by atoms with E-state index < -0.39 is 0 Å². The van der Waals surface area contributed by atoms with Gasteiger partial charge in [0.2, 0.25) is 0 Å². The third-order valence-corrected chi connectivity index (χ3v) is 0. The van der Waals surface area contributed by atoms with Gasteiger partial charge in [-0.05, 0) is 0 Å². The Labute approximate surface area is 69.2 Å². The molecule has 0 bridgehead atoms. The van der Waals surface area contributed by atoms with Crippen molar-refractivity contribution in [3.05, 3.63) is 0 Å². The molecule has 0 saturated heterocycles. The van der Waals surface area contributed by atoms with Crippen LogP contribution in [0.2, 0.25) is 0 Å². The Balaban J connectivity index is 0. The fourth-order valence-corrected chi connectivity index (χ4v) is 0. The molecule has 0 rings (SSSR count). The van der Waals surface area contributed by atoms with Crippen LogP contribution in [-0.4, -0.2) is 70.1 Å². The van der Waals surface area contributed by atoms with Crippen molar-refractivity contribution in [2.75, 3.05) is 0 Å². The molecule has 0 aliphatic heterocycles. The van der Waals surface area contributed by atoms with Crippen molar-refractivity contribution in [2.45, 2.75) is 0 Å². The maximum absolute atomic E-state index is 0. The average molecular weight is 84.0 g/mol. The molecule has 2 nitrogen and oxygen atoms in total. The van der Waals surface area contributed by atoms with Crippen molar-refractivity contribution in [1.82, 2.24) is 0 Å². The summed E-state index contributed by atoms with van der Waals surface area (Å²) in [6, 6.07) is 0. The number of hydrogen-bond donors (Lipinski definition) is 0. The van der Waals surface area contributed by atoms with Gasteiger partial charge in [0.25, 0.3) is 0 Å². The Kier molecular flexibility index (Phi) is 199. The van der Waals surface area contributed by atoms with Crippen LogP contribution in [-0.2, 0) is 0 Å². The minimum absolute atomic E-state index is 0. The molecule has 4 N–H and O–H groups in total. The SMILES string of the molecule is O.O.[NaH].[NaH]. The zero-order valence-corrected chi connectivity index (χ0v) is 1.00. The van der Waals surface area contributed by atoms with Crippen molar-refractivity contribution in [2.24, 2.45) is 0 Å². The van der Waals surface area contributed by atoms with Crippen LogP contribution in [0.1, 0.15) is 0 Å². The quantitative estimate of drug-likeness (QED) is 0.282. The molecule has 0 unspecified atom stereocenters. The Morgan fingerprint density at radius 2 is 0.500 bits per heavy atom. The molecule has 0 atom stereocenters. The molecule has 0 aliphatic carbocycles. The topological polar surface area (TPSA) is 63.0 Å². The van der Waals surface area contributed by atoms with Gasteiger partial charge in [-0.1, -0.05) is 0 Å². The molecular formula is H6Na2O2. The molecule has 0 heterocycles. The summed E-state index contributed by atoms with van der Waals surface area (Å²) in [5.74, 6) is 0. The second kappa shape index (κ2) is 20.5. The van der Waals surface area contributed by atoms with E-state index in [2.05, 4.69) is 0 Å². The first-order valence-corrected chi connectivity index (χ1v) is 0. The van der Waals surface area contributed by atoms with Crippen LogP contribution in [0.5, 0.6) is 0 Å². The van der Waals surface area contributed by atoms with Gasteiger partial charge in [-0.2, -0.15) is 0 Å². The van der Waals surface area contributed by atoms with E-state index in [4.69, 9.17) is 0 Å². The average Bonchev–Trinajstić information content (AvgIpc) is 0. The zero-order valence-electron chi connectivity index (χ0n) is 1.00. The first kappa shape index (κ1) is 38.9. The molecule has 4 heavy (non-hydrogen) atoms. The second-order valence-electron chi connectivity index (χ2n) is 0. The third kappa shape index (κ3) is 9.07. The molecule has 0 aromatic carbocycles. The standard InChI is InChI=1S/2Na.2H2O.2H/h;;2*1H2;;. The van der Waals surface area contributed by atoms with Crippen molar-refractivity contribution < 1.29 is 11.0 Å². The summed E-state index contributed by atoms with van der Waals surface area (Å²) in [6.45, 7) is 0. The van der Waals surface area contributed by atoms with Crippen molar-refractivity contribution >= 4 is 59.1 Å². The Bertz CT molecular complexity index is 4.00. The molecule has 0 spiro atoms. The van der Waals surface area contributed by atoms with Crippen LogP contribution in [0, 0.1) is 0 Å². The van der Waals surface area contributed by atoms with Crippen molar-refractivity contribution in [1.29, 1.82) is 0 Å². The van der Waals surface area contributed by atoms with E-state index in [0.29, 0.717) is 0 Å². The van der Waals surface area contributed by atoms with E-state index in [1.165, 1.54) is 0 Å². The molecule has 0 aromatic rings. The van der Waals surface area contributed by atoms with Gasteiger partial charge in [0.15, 0.2) is 0 Å². The van der Waals surface area contributed by atoms with E-state index in [1.54, 1.807) is 0 Å². The summed E-state index contributed by atoms with van der Waals surface area (Å²) < 4.78 is 0. The van der Waals surface area contributed by atoms with Crippen LogP contribution in [0.15, 0.2) is 0 Å². The Morgan fingerprint density at radius 1 is 0.500 bits per heavy atom. The maximum atomic E-state index is 0. The monoisotopic (exact) mass is 84.0 g/mol. The van der Waals surface area contributed by atoms with Gasteiger partial charge >= 0.3 is 59.1 Å². The van der Waals surface area contributed by atoms with Gasteiger partial charge in [-0.15, -0.1) is 0 Å². The second-order valence-corrected chi connectivity index (χ2v) is 0. The summed E-state index contributed by atoms with van der Waals surface area (Å²) in [4.78, 5) is 0. The zero-order chi connectivity index (χ0) is 0. The van der Waals surface area contributed by atoms with Gasteiger partial charge in [0.05, 0.1) is 0 Å². The first-order chi connectivity index (χ1) is 0. The summed E-state index contributed by atoms with van der Waals surface area (Å²) in [5, 5.41) is 0. The van der Waals surface area contributed by atoms with E-state index in [0.717, 1.165) is 0 Å². The molecule has 0 saturated carbocycles. The van der Waals surface area contributed by atoms with Crippen LogP contribution in [0.4, 0.5) is 0 Å². The molecule has 0 radical (unpaired) electrons. The Morgan fingerprint density at radius 3 is 0.500 bits per heavy atom. The van der Waals surface area contributed by atoms with Crippen LogP contribution < -0.4 is 0 Å². The molecule has 4 heteroatoms. The summed E-state index contributed by atoms with van der Waals surface area (Å²) >= 11 is 0. The van der Waals surface area contributed by atoms with Gasteiger partial charge in [0.1, 0.15) is 0 Å². The van der Waals surface area contributed by atoms with E-state index >= 15 is 0 Å². The fraction of sp³-hybridized carbons (Fsp3) is 0. The van der Waals surface area contributed by atoms with Gasteiger partial charge in [-0.25, -0.2) is 0 Å². The minimum atomic E-state index is 0. The first-order valence-electron chi connectivity index (χ1n) is 0. The van der Waals surface area contributed by atoms with Gasteiger partial charge in [-0.3, -0.25) is 0 Å². The van der Waals surface area contributed by atoms with Crippen molar-refractivity contribution in [3.63, 3.8) is 0 Å². The van der Waals surface area contributed by atoms with Crippen LogP contribution in [0.3, 0.4) is 0 Å². The number of rotatable bonds is 0. The molecule has 0 amide bonds. The fourth-order valence-electron chi connectivity index (χ4n) is 0. The molecule has 20 valence electrons. The Hall–Kier alpha value is 1.92. The van der Waals surface area contributed by atoms with Crippen molar-refractivity contribution in [3.8, 4) is 0 Å². The molecular weight excluding hydrogens is 78.0 g/mol. The predicted molar refractivity (Wildman–Crippen MR) is 21.5 cm³/mol. The van der Waals surface area contributed by atoms with E-state index in [9.17, 15) is 0 Å². The van der Waals surface area contributed by atoms with Crippen LogP contribution >= 0.6 is 0 Å². The third-order valence-electron chi connectivity index (χ3n) is 0. The normalized spacial score (nSPS) is 0. The molecule has 0 aliphatic rings. The van der Waals surface area contributed by atoms with Gasteiger partial charge < -0.3 is 11.0 Å². The summed E-state index contributed by atoms with van der Waals surface area (Å²) in [5.41, 5.74) is 0. The predicted octanol–water partition coefficient (Wildman–Crippen LogP) is -2.95. The van der Waals surface area contributed by atoms with Crippen LogP contribution in [0.25, 0.3) is 0 Å². The van der Waals surface area contributed by atoms with Gasteiger partial charge in [0, 0.05) is 0 Å². The van der Waals surface area contributed by atoms with E-state index in [-0.39, 0.29) is 70.1 Å². The molecule has 0 aromatic heterocycles. The molecule has 0 fully saturated rings. The summed E-state index contributed by atoms with van der Waals surface area (Å²) in [7, 11) is 0. The summed E-state index contributed by atoms with van der Waals surface area (Å²) in [6.07, 6.45) is 0. The van der Waals surface area contributed by atoms with E-state index in [1.807, 2.05) is 0 Å².